The van der Waals surface area contributed by atoms with Gasteiger partial charge in [-0.25, -0.2) is 0 Å². The molecule has 0 bridgehead atoms. The Morgan fingerprint density at radius 1 is 1.27 bits per heavy atom. The van der Waals surface area contributed by atoms with Crippen molar-refractivity contribution in [3.8, 4) is 5.75 Å². The zero-order valence-corrected chi connectivity index (χ0v) is 13.8. The molecule has 4 nitrogen and oxygen atoms in total. The summed E-state index contributed by atoms with van der Waals surface area (Å²) in [5.41, 5.74) is 7.79. The molecular weight excluding hydrogens is 274 g/mol. The van der Waals surface area contributed by atoms with Crippen LogP contribution in [0.1, 0.15) is 40.0 Å². The fourth-order valence-electron chi connectivity index (χ4n) is 3.19. The second-order valence-corrected chi connectivity index (χ2v) is 6.02. The molecule has 22 heavy (non-hydrogen) atoms. The van der Waals surface area contributed by atoms with E-state index in [0.29, 0.717) is 0 Å². The summed E-state index contributed by atoms with van der Waals surface area (Å²) >= 11 is 0. The Morgan fingerprint density at radius 2 is 2.05 bits per heavy atom. The largest absolute Gasteiger partial charge is 0.508 e. The van der Waals surface area contributed by atoms with Crippen molar-refractivity contribution in [2.45, 2.75) is 45.6 Å². The van der Waals surface area contributed by atoms with Crippen LogP contribution in [0.5, 0.6) is 5.75 Å². The Bertz CT molecular complexity index is 629. The highest BCUT2D eigenvalue weighted by atomic mass is 16.3. The molecule has 0 aliphatic rings. The van der Waals surface area contributed by atoms with Crippen molar-refractivity contribution in [2.75, 3.05) is 18.0 Å². The van der Waals surface area contributed by atoms with Gasteiger partial charge >= 0.3 is 0 Å². The smallest absolute Gasteiger partial charge is 0.117 e. The number of nitrogens with two attached hydrogens (primary N) is 1. The van der Waals surface area contributed by atoms with Crippen molar-refractivity contribution < 1.29 is 5.11 Å². The van der Waals surface area contributed by atoms with Gasteiger partial charge in [0, 0.05) is 35.4 Å². The van der Waals surface area contributed by atoms with Crippen LogP contribution < -0.4 is 10.6 Å². The number of phenolic OH excluding ortho intramolecular Hbond substituents is 1. The van der Waals surface area contributed by atoms with E-state index < -0.39 is 0 Å². The quantitative estimate of drug-likeness (QED) is 0.819. The van der Waals surface area contributed by atoms with E-state index >= 15 is 0 Å². The molecule has 0 spiro atoms. The van der Waals surface area contributed by atoms with Crippen LogP contribution in [0.3, 0.4) is 0 Å². The maximum absolute atomic E-state index is 9.67. The molecule has 2 aromatic rings. The SMILES string of the molecule is CCN(c1ccnc2cc(O)ccc12)C(C)(CC)CCCN. The van der Waals surface area contributed by atoms with Gasteiger partial charge in [0.25, 0.3) is 0 Å². The number of aromatic nitrogens is 1. The van der Waals surface area contributed by atoms with Crippen LogP contribution >= 0.6 is 0 Å². The third-order valence-electron chi connectivity index (χ3n) is 4.64. The summed E-state index contributed by atoms with van der Waals surface area (Å²) in [6.07, 6.45) is 4.96. The van der Waals surface area contributed by atoms with E-state index in [1.54, 1.807) is 12.1 Å². The summed E-state index contributed by atoms with van der Waals surface area (Å²) in [4.78, 5) is 6.83. The zero-order valence-electron chi connectivity index (χ0n) is 13.8. The minimum absolute atomic E-state index is 0.0697. The van der Waals surface area contributed by atoms with E-state index in [9.17, 15) is 5.11 Å². The summed E-state index contributed by atoms with van der Waals surface area (Å²) in [6, 6.07) is 7.47. The van der Waals surface area contributed by atoms with E-state index in [1.807, 2.05) is 12.3 Å². The number of benzene rings is 1. The van der Waals surface area contributed by atoms with Crippen molar-refractivity contribution in [3.05, 3.63) is 30.5 Å². The van der Waals surface area contributed by atoms with Gasteiger partial charge in [0.2, 0.25) is 0 Å². The Morgan fingerprint density at radius 3 is 2.68 bits per heavy atom. The van der Waals surface area contributed by atoms with Crippen molar-refractivity contribution in [1.82, 2.24) is 4.98 Å². The second kappa shape index (κ2) is 6.97. The lowest BCUT2D eigenvalue weighted by molar-refractivity contribution is 0.375. The van der Waals surface area contributed by atoms with Crippen LogP contribution in [0.4, 0.5) is 5.69 Å². The standard InChI is InChI=1S/C18H27N3O/c1-4-18(3,10-6-11-19)21(5-2)17-9-12-20-16-13-14(22)7-8-15(16)17/h7-9,12-13,22H,4-6,10-11,19H2,1-3H3. The number of rotatable bonds is 7. The predicted molar refractivity (Wildman–Crippen MR) is 93.4 cm³/mol. The Kier molecular flexibility index (Phi) is 5.24. The molecule has 1 aromatic carbocycles. The topological polar surface area (TPSA) is 62.4 Å². The molecule has 1 unspecified atom stereocenters. The molecule has 0 aliphatic heterocycles. The molecule has 120 valence electrons. The van der Waals surface area contributed by atoms with Gasteiger partial charge in [-0.05, 0) is 57.9 Å². The molecule has 1 heterocycles. The van der Waals surface area contributed by atoms with Gasteiger partial charge in [0.05, 0.1) is 5.52 Å². The molecule has 0 saturated heterocycles. The minimum atomic E-state index is 0.0697. The summed E-state index contributed by atoms with van der Waals surface area (Å²) in [6.45, 7) is 8.36. The molecule has 0 fully saturated rings. The predicted octanol–water partition coefficient (Wildman–Crippen LogP) is 3.67. The van der Waals surface area contributed by atoms with Crippen molar-refractivity contribution in [3.63, 3.8) is 0 Å². The van der Waals surface area contributed by atoms with E-state index in [1.165, 1.54) is 5.69 Å². The summed E-state index contributed by atoms with van der Waals surface area (Å²) in [5, 5.41) is 10.7. The molecule has 2 rings (SSSR count). The van der Waals surface area contributed by atoms with Crippen molar-refractivity contribution >= 4 is 16.6 Å². The van der Waals surface area contributed by atoms with E-state index in [-0.39, 0.29) is 11.3 Å². The monoisotopic (exact) mass is 301 g/mol. The first kappa shape index (κ1) is 16.6. The van der Waals surface area contributed by atoms with Crippen LogP contribution in [0.25, 0.3) is 10.9 Å². The van der Waals surface area contributed by atoms with E-state index in [2.05, 4.69) is 36.7 Å². The molecule has 1 atom stereocenters. The van der Waals surface area contributed by atoms with Crippen LogP contribution in [0, 0.1) is 0 Å². The third kappa shape index (κ3) is 3.17. The Balaban J connectivity index is 2.50. The van der Waals surface area contributed by atoms with Gasteiger partial charge in [-0.15, -0.1) is 0 Å². The fourth-order valence-corrected chi connectivity index (χ4v) is 3.19. The first-order valence-electron chi connectivity index (χ1n) is 8.11. The van der Waals surface area contributed by atoms with Gasteiger partial charge < -0.3 is 15.7 Å². The van der Waals surface area contributed by atoms with Crippen LogP contribution in [-0.2, 0) is 0 Å². The lowest BCUT2D eigenvalue weighted by atomic mass is 9.89. The molecule has 0 saturated carbocycles. The zero-order chi connectivity index (χ0) is 16.2. The molecule has 1 aromatic heterocycles. The highest BCUT2D eigenvalue weighted by molar-refractivity contribution is 5.92. The Hall–Kier alpha value is -1.81. The van der Waals surface area contributed by atoms with Gasteiger partial charge in [0.1, 0.15) is 5.75 Å². The van der Waals surface area contributed by atoms with Gasteiger partial charge in [0.15, 0.2) is 0 Å². The Labute approximate surface area is 133 Å². The lowest BCUT2D eigenvalue weighted by Crippen LogP contribution is -2.46. The van der Waals surface area contributed by atoms with Crippen molar-refractivity contribution in [2.24, 2.45) is 5.73 Å². The summed E-state index contributed by atoms with van der Waals surface area (Å²) in [5.74, 6) is 0.251. The van der Waals surface area contributed by atoms with Crippen LogP contribution in [0.2, 0.25) is 0 Å². The average molecular weight is 301 g/mol. The number of fused-ring (bicyclic) bond motifs is 1. The van der Waals surface area contributed by atoms with E-state index in [4.69, 9.17) is 5.73 Å². The van der Waals surface area contributed by atoms with Crippen LogP contribution in [-0.4, -0.2) is 28.7 Å². The van der Waals surface area contributed by atoms with Gasteiger partial charge in [-0.1, -0.05) is 6.92 Å². The van der Waals surface area contributed by atoms with Crippen LogP contribution in [0.15, 0.2) is 30.5 Å². The number of phenols is 1. The molecular formula is C18H27N3O. The minimum Gasteiger partial charge on any atom is -0.508 e. The van der Waals surface area contributed by atoms with Gasteiger partial charge in [-0.2, -0.15) is 0 Å². The first-order chi connectivity index (χ1) is 10.6. The first-order valence-corrected chi connectivity index (χ1v) is 8.11. The maximum Gasteiger partial charge on any atom is 0.117 e. The highest BCUT2D eigenvalue weighted by Gasteiger charge is 2.29. The molecule has 3 N–H and O–H groups in total. The summed E-state index contributed by atoms with van der Waals surface area (Å²) < 4.78 is 0. The fraction of sp³-hybridized carbons (Fsp3) is 0.500. The van der Waals surface area contributed by atoms with Crippen molar-refractivity contribution in [1.29, 1.82) is 0 Å². The number of pyridine rings is 1. The van der Waals surface area contributed by atoms with E-state index in [0.717, 1.165) is 43.3 Å². The number of nitrogens with zero attached hydrogens (tertiary/aromatic N) is 2. The maximum atomic E-state index is 9.67. The summed E-state index contributed by atoms with van der Waals surface area (Å²) in [7, 11) is 0. The normalized spacial score (nSPS) is 14.0. The number of hydrogen-bond acceptors (Lipinski definition) is 4. The number of hydrogen-bond donors (Lipinski definition) is 2. The number of aromatic hydroxyl groups is 1. The number of anilines is 1. The average Bonchev–Trinajstić information content (AvgIpc) is 2.53. The highest BCUT2D eigenvalue weighted by Crippen LogP contribution is 2.35. The molecule has 0 radical (unpaired) electrons. The third-order valence-corrected chi connectivity index (χ3v) is 4.64. The lowest BCUT2D eigenvalue weighted by Gasteiger charge is -2.43. The molecule has 4 heteroatoms. The molecule has 0 aliphatic carbocycles. The molecule has 0 amide bonds. The second-order valence-electron chi connectivity index (χ2n) is 6.02. The van der Waals surface area contributed by atoms with Gasteiger partial charge in [-0.3, -0.25) is 4.98 Å².